The summed E-state index contributed by atoms with van der Waals surface area (Å²) in [6.07, 6.45) is 6.41. The fraction of sp³-hybridized carbons (Fsp3) is 0.818. The van der Waals surface area contributed by atoms with Crippen LogP contribution in [-0.2, 0) is 13.2 Å². The molecule has 86 valence electrons. The first-order chi connectivity index (χ1) is 7.31. The zero-order valence-electron chi connectivity index (χ0n) is 9.69. The molecule has 1 aromatic heterocycles. The molecule has 1 N–H and O–H groups in total. The van der Waals surface area contributed by atoms with E-state index < -0.39 is 0 Å². The molecule has 0 aliphatic rings. The first kappa shape index (κ1) is 12.2. The predicted molar refractivity (Wildman–Crippen MR) is 59.3 cm³/mol. The molecule has 0 fully saturated rings. The third-order valence-electron chi connectivity index (χ3n) is 2.81. The second-order valence-corrected chi connectivity index (χ2v) is 3.93. The van der Waals surface area contributed by atoms with Crippen LogP contribution in [0.2, 0.25) is 0 Å². The number of hydrogen-bond donors (Lipinski definition) is 1. The van der Waals surface area contributed by atoms with Crippen molar-refractivity contribution >= 4 is 0 Å². The van der Waals surface area contributed by atoms with Crippen LogP contribution in [0, 0.1) is 5.92 Å². The van der Waals surface area contributed by atoms with Gasteiger partial charge in [0.2, 0.25) is 0 Å². The summed E-state index contributed by atoms with van der Waals surface area (Å²) in [6.45, 7) is 5.27. The Morgan fingerprint density at radius 2 is 2.27 bits per heavy atom. The molecule has 1 heterocycles. The molecule has 0 aliphatic carbocycles. The molecule has 4 nitrogen and oxygen atoms in total. The van der Waals surface area contributed by atoms with Gasteiger partial charge in [-0.25, -0.2) is 9.67 Å². The fourth-order valence-corrected chi connectivity index (χ4v) is 1.72. The van der Waals surface area contributed by atoms with Crippen LogP contribution in [-0.4, -0.2) is 19.9 Å². The van der Waals surface area contributed by atoms with Crippen molar-refractivity contribution in [3.05, 3.63) is 12.2 Å². The van der Waals surface area contributed by atoms with Gasteiger partial charge in [-0.2, -0.15) is 5.10 Å². The largest absolute Gasteiger partial charge is 0.388 e. The van der Waals surface area contributed by atoms with Crippen LogP contribution in [0.15, 0.2) is 6.33 Å². The van der Waals surface area contributed by atoms with Gasteiger partial charge in [-0.15, -0.1) is 0 Å². The van der Waals surface area contributed by atoms with Crippen LogP contribution < -0.4 is 0 Å². The molecule has 0 amide bonds. The number of aliphatic hydroxyl groups excluding tert-OH is 1. The Kier molecular flexibility index (Phi) is 5.32. The molecular formula is C11H21N3O. The number of nitrogens with zero attached hydrogens (tertiary/aromatic N) is 3. The van der Waals surface area contributed by atoms with E-state index in [9.17, 15) is 0 Å². The lowest BCUT2D eigenvalue weighted by atomic mass is 9.99. The van der Waals surface area contributed by atoms with Crippen molar-refractivity contribution in [1.82, 2.24) is 14.8 Å². The average Bonchev–Trinajstić information content (AvgIpc) is 2.71. The van der Waals surface area contributed by atoms with E-state index in [1.54, 1.807) is 0 Å². The summed E-state index contributed by atoms with van der Waals surface area (Å²) in [6, 6.07) is 0. The van der Waals surface area contributed by atoms with E-state index in [-0.39, 0.29) is 6.61 Å². The lowest BCUT2D eigenvalue weighted by molar-refractivity contribution is 0.255. The molecule has 1 unspecified atom stereocenters. The van der Waals surface area contributed by atoms with Crippen LogP contribution in [0.3, 0.4) is 0 Å². The molecule has 0 saturated carbocycles. The summed E-state index contributed by atoms with van der Waals surface area (Å²) in [4.78, 5) is 4.00. The van der Waals surface area contributed by atoms with Crippen LogP contribution in [0.25, 0.3) is 0 Å². The Balaban J connectivity index is 2.50. The second kappa shape index (κ2) is 6.56. The van der Waals surface area contributed by atoms with E-state index in [1.165, 1.54) is 25.6 Å². The molecule has 1 atom stereocenters. The molecule has 0 radical (unpaired) electrons. The van der Waals surface area contributed by atoms with Crippen LogP contribution in [0.1, 0.15) is 45.4 Å². The Hall–Kier alpha value is -0.900. The van der Waals surface area contributed by atoms with Gasteiger partial charge in [-0.3, -0.25) is 0 Å². The maximum absolute atomic E-state index is 9.05. The van der Waals surface area contributed by atoms with E-state index in [0.29, 0.717) is 11.7 Å². The highest BCUT2D eigenvalue weighted by Gasteiger charge is 2.10. The van der Waals surface area contributed by atoms with Gasteiger partial charge in [0, 0.05) is 6.54 Å². The van der Waals surface area contributed by atoms with Crippen LogP contribution in [0.5, 0.6) is 0 Å². The maximum Gasteiger partial charge on any atom is 0.152 e. The molecule has 0 spiro atoms. The molecule has 0 aliphatic heterocycles. The molecule has 0 saturated heterocycles. The monoisotopic (exact) mass is 211 g/mol. The van der Waals surface area contributed by atoms with E-state index in [0.717, 1.165) is 13.0 Å². The minimum absolute atomic E-state index is 0.0236. The standard InChI is InChI=1S/C11H21N3O/c1-3-5-6-10(4-2)7-14-11(8-15)12-9-13-14/h9-10,15H,3-8H2,1-2H3. The first-order valence-corrected chi connectivity index (χ1v) is 5.79. The van der Waals surface area contributed by atoms with Gasteiger partial charge in [0.1, 0.15) is 12.9 Å². The van der Waals surface area contributed by atoms with Crippen LogP contribution in [0.4, 0.5) is 0 Å². The van der Waals surface area contributed by atoms with Crippen molar-refractivity contribution in [2.75, 3.05) is 0 Å². The second-order valence-electron chi connectivity index (χ2n) is 3.93. The summed E-state index contributed by atoms with van der Waals surface area (Å²) >= 11 is 0. The van der Waals surface area contributed by atoms with Gasteiger partial charge in [0.05, 0.1) is 0 Å². The summed E-state index contributed by atoms with van der Waals surface area (Å²) in [7, 11) is 0. The number of rotatable bonds is 7. The third kappa shape index (κ3) is 3.63. The number of unbranched alkanes of at least 4 members (excludes halogenated alkanes) is 1. The van der Waals surface area contributed by atoms with E-state index in [2.05, 4.69) is 23.9 Å². The van der Waals surface area contributed by atoms with E-state index in [1.807, 2.05) is 4.68 Å². The molecule has 0 aromatic carbocycles. The Bertz CT molecular complexity index is 273. The van der Waals surface area contributed by atoms with E-state index in [4.69, 9.17) is 5.11 Å². The molecule has 15 heavy (non-hydrogen) atoms. The van der Waals surface area contributed by atoms with Gasteiger partial charge < -0.3 is 5.11 Å². The van der Waals surface area contributed by atoms with Gasteiger partial charge >= 0.3 is 0 Å². The molecule has 4 heteroatoms. The zero-order valence-corrected chi connectivity index (χ0v) is 9.69. The SMILES string of the molecule is CCCCC(CC)Cn1ncnc1CO. The topological polar surface area (TPSA) is 50.9 Å². The van der Waals surface area contributed by atoms with Crippen molar-refractivity contribution in [2.45, 2.75) is 52.7 Å². The summed E-state index contributed by atoms with van der Waals surface area (Å²) in [5.41, 5.74) is 0. The van der Waals surface area contributed by atoms with Crippen molar-refractivity contribution in [2.24, 2.45) is 5.92 Å². The molecule has 1 aromatic rings. The Labute approximate surface area is 91.3 Å². The van der Waals surface area contributed by atoms with Crippen molar-refractivity contribution in [1.29, 1.82) is 0 Å². The normalized spacial score (nSPS) is 13.0. The Morgan fingerprint density at radius 1 is 1.47 bits per heavy atom. The smallest absolute Gasteiger partial charge is 0.152 e. The highest BCUT2D eigenvalue weighted by atomic mass is 16.3. The van der Waals surface area contributed by atoms with Gasteiger partial charge in [-0.1, -0.05) is 33.1 Å². The fourth-order valence-electron chi connectivity index (χ4n) is 1.72. The highest BCUT2D eigenvalue weighted by Crippen LogP contribution is 2.15. The third-order valence-corrected chi connectivity index (χ3v) is 2.81. The lowest BCUT2D eigenvalue weighted by Crippen LogP contribution is -2.14. The number of hydrogen-bond acceptors (Lipinski definition) is 3. The predicted octanol–water partition coefficient (Wildman–Crippen LogP) is 1.99. The molecular weight excluding hydrogens is 190 g/mol. The quantitative estimate of drug-likeness (QED) is 0.750. The minimum Gasteiger partial charge on any atom is -0.388 e. The number of aliphatic hydroxyl groups is 1. The van der Waals surface area contributed by atoms with Crippen LogP contribution >= 0.6 is 0 Å². The van der Waals surface area contributed by atoms with E-state index >= 15 is 0 Å². The Morgan fingerprint density at radius 3 is 2.87 bits per heavy atom. The summed E-state index contributed by atoms with van der Waals surface area (Å²) in [5, 5.41) is 13.2. The molecule has 1 rings (SSSR count). The van der Waals surface area contributed by atoms with Crippen molar-refractivity contribution < 1.29 is 5.11 Å². The van der Waals surface area contributed by atoms with Gasteiger partial charge in [0.15, 0.2) is 5.82 Å². The average molecular weight is 211 g/mol. The van der Waals surface area contributed by atoms with Gasteiger partial charge in [-0.05, 0) is 12.3 Å². The van der Waals surface area contributed by atoms with Crippen molar-refractivity contribution in [3.8, 4) is 0 Å². The summed E-state index contributed by atoms with van der Waals surface area (Å²) in [5.74, 6) is 1.32. The van der Waals surface area contributed by atoms with Crippen molar-refractivity contribution in [3.63, 3.8) is 0 Å². The molecule has 0 bridgehead atoms. The number of aromatic nitrogens is 3. The first-order valence-electron chi connectivity index (χ1n) is 5.79. The maximum atomic E-state index is 9.05. The minimum atomic E-state index is -0.0236. The lowest BCUT2D eigenvalue weighted by Gasteiger charge is -2.15. The summed E-state index contributed by atoms with van der Waals surface area (Å²) < 4.78 is 1.82. The highest BCUT2D eigenvalue weighted by molar-refractivity contribution is 4.81. The zero-order chi connectivity index (χ0) is 11.1. The van der Waals surface area contributed by atoms with Gasteiger partial charge in [0.25, 0.3) is 0 Å².